The van der Waals surface area contributed by atoms with Crippen LogP contribution in [0.25, 0.3) is 0 Å². The van der Waals surface area contributed by atoms with Crippen LogP contribution in [0, 0.1) is 5.92 Å². The molecular weight excluding hydrogens is 394 g/mol. The van der Waals surface area contributed by atoms with Crippen molar-refractivity contribution in [3.05, 3.63) is 0 Å². The molecule has 4 saturated heterocycles. The molecule has 158 valence electrons. The number of urea groups is 1. The summed E-state index contributed by atoms with van der Waals surface area (Å²) >= 11 is 0. The Hall–Kier alpha value is -1.51. The Morgan fingerprint density at radius 3 is 2.82 bits per heavy atom. The fraction of sp³-hybridized carbons (Fsp3) is 0.867. The van der Waals surface area contributed by atoms with E-state index < -0.39 is 34.4 Å². The lowest BCUT2D eigenvalue weighted by Crippen LogP contribution is -2.50. The molecule has 4 rings (SSSR count). The van der Waals surface area contributed by atoms with Crippen molar-refractivity contribution in [2.45, 2.75) is 37.4 Å². The first-order chi connectivity index (χ1) is 13.3. The zero-order valence-electron chi connectivity index (χ0n) is 15.3. The Kier molecular flexibility index (Phi) is 5.46. The Labute approximate surface area is 163 Å². The number of amides is 3. The highest BCUT2D eigenvalue weighted by molar-refractivity contribution is 7.80. The molecule has 13 heteroatoms. The van der Waals surface area contributed by atoms with Gasteiger partial charge < -0.3 is 15.1 Å². The van der Waals surface area contributed by atoms with E-state index in [0.29, 0.717) is 30.4 Å². The largest absolute Gasteiger partial charge is 0.418 e. The third kappa shape index (κ3) is 4.55. The predicted octanol–water partition coefficient (Wildman–Crippen LogP) is -1.67. The van der Waals surface area contributed by atoms with E-state index in [9.17, 15) is 18.0 Å². The third-order valence-corrected chi connectivity index (χ3v) is 5.98. The van der Waals surface area contributed by atoms with E-state index in [-0.39, 0.29) is 12.6 Å². The van der Waals surface area contributed by atoms with Crippen LogP contribution in [0.2, 0.25) is 0 Å². The molecule has 0 saturated carbocycles. The van der Waals surface area contributed by atoms with E-state index in [2.05, 4.69) is 20.0 Å². The zero-order valence-corrected chi connectivity index (χ0v) is 16.1. The molecule has 12 nitrogen and oxygen atoms in total. The topological polar surface area (TPSA) is 141 Å². The fourth-order valence-corrected chi connectivity index (χ4v) is 4.56. The highest BCUT2D eigenvalue weighted by atomic mass is 32.3. The van der Waals surface area contributed by atoms with Crippen LogP contribution < -0.4 is 10.8 Å². The second-order valence-electron chi connectivity index (χ2n) is 7.79. The van der Waals surface area contributed by atoms with Gasteiger partial charge in [-0.2, -0.15) is 13.5 Å². The minimum absolute atomic E-state index is 0.148. The molecule has 4 aliphatic heterocycles. The Bertz CT molecular complexity index is 730. The first kappa shape index (κ1) is 19.8. The molecule has 0 unspecified atom stereocenters. The number of nitrogens with one attached hydrogen (secondary N) is 2. The van der Waals surface area contributed by atoms with Gasteiger partial charge in [-0.05, 0) is 31.7 Å². The van der Waals surface area contributed by atoms with Crippen molar-refractivity contribution in [3.63, 3.8) is 0 Å². The van der Waals surface area contributed by atoms with Crippen molar-refractivity contribution in [2.24, 2.45) is 5.92 Å². The van der Waals surface area contributed by atoms with Crippen molar-refractivity contribution < 1.29 is 31.7 Å². The van der Waals surface area contributed by atoms with Crippen LogP contribution in [-0.2, 0) is 24.3 Å². The van der Waals surface area contributed by atoms with E-state index >= 15 is 0 Å². The first-order valence-corrected chi connectivity index (χ1v) is 10.8. The summed E-state index contributed by atoms with van der Waals surface area (Å²) in [4.78, 5) is 33.7. The lowest BCUT2D eigenvalue weighted by molar-refractivity contribution is -0.139. The Balaban J connectivity index is 1.22. The maximum Gasteiger partial charge on any atom is 0.418 e. The van der Waals surface area contributed by atoms with Gasteiger partial charge in [0.2, 0.25) is 0 Å². The number of carbonyl (C=O) groups is 2. The number of piperidine rings is 1. The summed E-state index contributed by atoms with van der Waals surface area (Å²) in [7, 11) is -4.81. The molecule has 3 amide bonds. The molecule has 4 fully saturated rings. The number of hydrogen-bond donors (Lipinski definition) is 3. The number of carbonyl (C=O) groups excluding carboxylic acids is 2. The summed E-state index contributed by atoms with van der Waals surface area (Å²) in [5.74, 6) is 0.136. The molecule has 0 aromatic rings. The molecule has 0 aliphatic carbocycles. The van der Waals surface area contributed by atoms with Gasteiger partial charge in [-0.15, -0.1) is 4.28 Å². The van der Waals surface area contributed by atoms with Gasteiger partial charge >= 0.3 is 16.4 Å². The smallest absolute Gasteiger partial charge is 0.311 e. The van der Waals surface area contributed by atoms with E-state index in [4.69, 9.17) is 9.39 Å². The lowest BCUT2D eigenvalue weighted by atomic mass is 10.0. The molecule has 2 bridgehead atoms. The minimum atomic E-state index is -4.81. The van der Waals surface area contributed by atoms with Gasteiger partial charge in [0.1, 0.15) is 6.04 Å². The molecule has 4 heterocycles. The molecule has 0 aromatic heterocycles. The molecular formula is C15H25N5O7S. The second kappa shape index (κ2) is 7.72. The van der Waals surface area contributed by atoms with Crippen LogP contribution >= 0.6 is 0 Å². The molecule has 0 spiro atoms. The van der Waals surface area contributed by atoms with Gasteiger partial charge in [0.15, 0.2) is 0 Å². The van der Waals surface area contributed by atoms with E-state index in [1.165, 1.54) is 18.0 Å². The molecule has 4 atom stereocenters. The van der Waals surface area contributed by atoms with Crippen molar-refractivity contribution in [1.82, 2.24) is 25.7 Å². The van der Waals surface area contributed by atoms with Crippen LogP contribution in [-0.4, -0.2) is 97.2 Å². The number of rotatable bonds is 8. The van der Waals surface area contributed by atoms with E-state index in [1.54, 1.807) is 0 Å². The Morgan fingerprint density at radius 1 is 1.32 bits per heavy atom. The summed E-state index contributed by atoms with van der Waals surface area (Å²) in [5.41, 5.74) is 2.40. The van der Waals surface area contributed by atoms with Gasteiger partial charge in [0, 0.05) is 32.2 Å². The van der Waals surface area contributed by atoms with Crippen LogP contribution in [0.3, 0.4) is 0 Å². The quantitative estimate of drug-likeness (QED) is 0.239. The van der Waals surface area contributed by atoms with Gasteiger partial charge in [0.25, 0.3) is 5.91 Å². The average Bonchev–Trinajstić information content (AvgIpc) is 3.29. The fourth-order valence-electron chi connectivity index (χ4n) is 4.17. The molecule has 3 N–H and O–H groups in total. The second-order valence-corrected chi connectivity index (χ2v) is 8.80. The molecule has 0 radical (unpaired) electrons. The van der Waals surface area contributed by atoms with Crippen molar-refractivity contribution in [3.8, 4) is 0 Å². The molecule has 4 aliphatic rings. The Morgan fingerprint density at radius 2 is 2.11 bits per heavy atom. The number of hydroxylamine groups is 3. The van der Waals surface area contributed by atoms with Gasteiger partial charge in [-0.1, -0.05) is 0 Å². The maximum absolute atomic E-state index is 12.4. The van der Waals surface area contributed by atoms with Crippen molar-refractivity contribution in [2.75, 3.05) is 39.3 Å². The van der Waals surface area contributed by atoms with Crippen LogP contribution in [0.5, 0.6) is 0 Å². The number of nitrogens with zero attached hydrogens (tertiary/aromatic N) is 3. The van der Waals surface area contributed by atoms with Gasteiger partial charge in [-0.25, -0.2) is 10.3 Å². The zero-order chi connectivity index (χ0) is 19.9. The van der Waals surface area contributed by atoms with Crippen molar-refractivity contribution >= 4 is 22.3 Å². The van der Waals surface area contributed by atoms with E-state index in [0.717, 1.165) is 19.5 Å². The summed E-state index contributed by atoms with van der Waals surface area (Å²) in [6.45, 7) is 4.88. The number of fused-ring (bicyclic) bond motifs is 2. The summed E-state index contributed by atoms with van der Waals surface area (Å²) < 4.78 is 35.0. The van der Waals surface area contributed by atoms with Crippen LogP contribution in [0.4, 0.5) is 4.79 Å². The molecule has 0 aromatic carbocycles. The SMILES string of the molecule is O=C(NOC[C@@H]1C[C@@H](CN2CC2)CN1)[C@@H]1CC[C@@H]2CN1C(=O)N2OS(=O)(=O)O. The number of hydrogen-bond acceptors (Lipinski definition) is 8. The normalized spacial score (nSPS) is 32.8. The standard InChI is InChI=1S/C15H25N5O7S/c21-14(17-26-9-11-5-10(6-16-11)7-18-3-4-18)13-2-1-12-8-19(13)15(22)20(12)27-28(23,24)25/h10-13,16H,1-9H2,(H,17,21)(H,23,24,25)/t10-,11+,12-,13+/m1/s1. The summed E-state index contributed by atoms with van der Waals surface area (Å²) in [5, 5.41) is 4.00. The van der Waals surface area contributed by atoms with Crippen LogP contribution in [0.15, 0.2) is 0 Å². The maximum atomic E-state index is 12.4. The third-order valence-electron chi connectivity index (χ3n) is 5.63. The predicted molar refractivity (Wildman–Crippen MR) is 93.8 cm³/mol. The van der Waals surface area contributed by atoms with Crippen molar-refractivity contribution in [1.29, 1.82) is 0 Å². The monoisotopic (exact) mass is 419 g/mol. The highest BCUT2D eigenvalue weighted by Gasteiger charge is 2.49. The lowest BCUT2D eigenvalue weighted by Gasteiger charge is -2.29. The minimum Gasteiger partial charge on any atom is -0.311 e. The highest BCUT2D eigenvalue weighted by Crippen LogP contribution is 2.30. The average molecular weight is 419 g/mol. The van der Waals surface area contributed by atoms with E-state index in [1.807, 2.05) is 0 Å². The molecule has 28 heavy (non-hydrogen) atoms. The summed E-state index contributed by atoms with van der Waals surface area (Å²) in [6, 6.07) is -1.89. The van der Waals surface area contributed by atoms with Crippen LogP contribution in [0.1, 0.15) is 19.3 Å². The first-order valence-electron chi connectivity index (χ1n) is 9.44. The van der Waals surface area contributed by atoms with Gasteiger partial charge in [0.05, 0.1) is 12.6 Å². The van der Waals surface area contributed by atoms with Gasteiger partial charge in [-0.3, -0.25) is 14.2 Å². The summed E-state index contributed by atoms with van der Waals surface area (Å²) in [6.07, 6.45) is 1.71.